The maximum absolute atomic E-state index is 13.3. The van der Waals surface area contributed by atoms with Crippen molar-refractivity contribution >= 4 is 23.8 Å². The molecule has 2 N–H and O–H groups in total. The summed E-state index contributed by atoms with van der Waals surface area (Å²) in [5.41, 5.74) is 1.43. The summed E-state index contributed by atoms with van der Waals surface area (Å²) in [6.45, 7) is 6.68. The van der Waals surface area contributed by atoms with Crippen LogP contribution < -0.4 is 10.6 Å². The Balaban J connectivity index is 2.24. The number of hydrogen-bond donors (Lipinski definition) is 2. The van der Waals surface area contributed by atoms with Crippen LogP contribution in [0.25, 0.3) is 0 Å². The average molecular weight is 276 g/mol. The first-order valence-corrected chi connectivity index (χ1v) is 6.96. The molecule has 1 atom stereocenters. The van der Waals surface area contributed by atoms with Crippen molar-refractivity contribution in [1.82, 2.24) is 5.32 Å². The van der Waals surface area contributed by atoms with Crippen molar-refractivity contribution in [3.63, 3.8) is 0 Å². The van der Waals surface area contributed by atoms with Gasteiger partial charge in [0, 0.05) is 37.6 Å². The van der Waals surface area contributed by atoms with Crippen LogP contribution in [0.5, 0.6) is 0 Å². The highest BCUT2D eigenvalue weighted by Crippen LogP contribution is 2.25. The fraction of sp³-hybridized carbons (Fsp3) is 0.467. The number of rotatable bonds is 1. The molecule has 20 heavy (non-hydrogen) atoms. The van der Waals surface area contributed by atoms with Gasteiger partial charge in [-0.3, -0.25) is 9.98 Å². The van der Waals surface area contributed by atoms with Crippen LogP contribution in [-0.2, 0) is 0 Å². The fourth-order valence-corrected chi connectivity index (χ4v) is 2.07. The molecule has 0 bridgehead atoms. The Morgan fingerprint density at radius 3 is 2.95 bits per heavy atom. The summed E-state index contributed by atoms with van der Waals surface area (Å²) in [7, 11) is 0. The summed E-state index contributed by atoms with van der Waals surface area (Å²) in [5.74, 6) is 0.215. The third-order valence-corrected chi connectivity index (χ3v) is 3.31. The number of aliphatic imine (C=N–C) groups is 2. The topological polar surface area (TPSA) is 48.8 Å². The largest absolute Gasteiger partial charge is 0.382 e. The first kappa shape index (κ1) is 14.7. The summed E-state index contributed by atoms with van der Waals surface area (Å²) in [4.78, 5) is 8.50. The summed E-state index contributed by atoms with van der Waals surface area (Å²) < 4.78 is 13.3. The predicted molar refractivity (Wildman–Crippen MR) is 83.0 cm³/mol. The lowest BCUT2D eigenvalue weighted by molar-refractivity contribution is 0.419. The van der Waals surface area contributed by atoms with Crippen LogP contribution in [0.15, 0.2) is 28.2 Å². The molecule has 1 aliphatic heterocycles. The second-order valence-electron chi connectivity index (χ2n) is 5.18. The van der Waals surface area contributed by atoms with Crippen LogP contribution >= 0.6 is 0 Å². The molecule has 0 saturated carbocycles. The van der Waals surface area contributed by atoms with Crippen LogP contribution in [0.3, 0.4) is 0 Å². The minimum atomic E-state index is -0.287. The maximum Gasteiger partial charge on any atom is 0.125 e. The average Bonchev–Trinajstić information content (AvgIpc) is 2.40. The van der Waals surface area contributed by atoms with Crippen molar-refractivity contribution in [1.29, 1.82) is 0 Å². The van der Waals surface area contributed by atoms with Gasteiger partial charge in [-0.1, -0.05) is 13.8 Å². The standard InChI is InChI=1S/C15H21FN4/c1-11(2)15-10-20-13-4-3-12(16)9-14(13)18-7-5-17-6-8-19-15/h3-5,7,9,11,15,19-20H,6,8,10H2,1-2H3. The highest BCUT2D eigenvalue weighted by molar-refractivity contribution is 6.17. The molecule has 0 saturated heterocycles. The molecule has 0 aromatic heterocycles. The van der Waals surface area contributed by atoms with Gasteiger partial charge in [0.2, 0.25) is 0 Å². The Morgan fingerprint density at radius 2 is 2.15 bits per heavy atom. The quantitative estimate of drug-likeness (QED) is 0.828. The molecule has 1 aromatic rings. The zero-order chi connectivity index (χ0) is 14.4. The van der Waals surface area contributed by atoms with Gasteiger partial charge >= 0.3 is 0 Å². The zero-order valence-electron chi connectivity index (χ0n) is 11.9. The normalized spacial score (nSPS) is 19.9. The molecule has 2 rings (SSSR count). The van der Waals surface area contributed by atoms with Crippen molar-refractivity contribution in [2.24, 2.45) is 15.9 Å². The van der Waals surface area contributed by atoms with Crippen molar-refractivity contribution in [3.05, 3.63) is 24.0 Å². The molecule has 1 aliphatic rings. The van der Waals surface area contributed by atoms with E-state index >= 15 is 0 Å². The lowest BCUT2D eigenvalue weighted by Crippen LogP contribution is -2.41. The highest BCUT2D eigenvalue weighted by atomic mass is 19.1. The van der Waals surface area contributed by atoms with Crippen LogP contribution in [0, 0.1) is 11.7 Å². The number of fused-ring (bicyclic) bond motifs is 1. The molecule has 4 nitrogen and oxygen atoms in total. The monoisotopic (exact) mass is 276 g/mol. The molecule has 0 amide bonds. The number of nitrogens with zero attached hydrogens (tertiary/aromatic N) is 2. The Hall–Kier alpha value is -1.75. The number of anilines is 1. The van der Waals surface area contributed by atoms with E-state index in [-0.39, 0.29) is 5.82 Å². The Kier molecular flexibility index (Phi) is 5.24. The smallest absolute Gasteiger partial charge is 0.125 e. The van der Waals surface area contributed by atoms with Gasteiger partial charge in [0.25, 0.3) is 0 Å². The fourth-order valence-electron chi connectivity index (χ4n) is 2.07. The van der Waals surface area contributed by atoms with Crippen molar-refractivity contribution in [3.8, 4) is 0 Å². The first-order chi connectivity index (χ1) is 9.66. The molecule has 0 radical (unpaired) electrons. The molecule has 0 aliphatic carbocycles. The van der Waals surface area contributed by atoms with Gasteiger partial charge in [0.15, 0.2) is 0 Å². The van der Waals surface area contributed by atoms with Crippen LogP contribution in [-0.4, -0.2) is 38.1 Å². The van der Waals surface area contributed by atoms with Crippen LogP contribution in [0.1, 0.15) is 13.8 Å². The lowest BCUT2D eigenvalue weighted by atomic mass is 10.0. The number of benzene rings is 1. The van der Waals surface area contributed by atoms with E-state index in [1.54, 1.807) is 18.5 Å². The van der Waals surface area contributed by atoms with Gasteiger partial charge in [-0.25, -0.2) is 4.39 Å². The van der Waals surface area contributed by atoms with Gasteiger partial charge in [0.1, 0.15) is 5.82 Å². The summed E-state index contributed by atoms with van der Waals surface area (Å²) in [6.07, 6.45) is 3.25. The van der Waals surface area contributed by atoms with Crippen molar-refractivity contribution in [2.45, 2.75) is 19.9 Å². The Labute approximate surface area is 119 Å². The van der Waals surface area contributed by atoms with E-state index in [2.05, 4.69) is 34.5 Å². The summed E-state index contributed by atoms with van der Waals surface area (Å²) in [5, 5.41) is 6.84. The third kappa shape index (κ3) is 4.13. The molecular formula is C15H21FN4. The van der Waals surface area contributed by atoms with Gasteiger partial charge in [-0.2, -0.15) is 0 Å². The Morgan fingerprint density at radius 1 is 1.30 bits per heavy atom. The molecule has 1 heterocycles. The maximum atomic E-state index is 13.3. The minimum absolute atomic E-state index is 0.287. The molecule has 108 valence electrons. The number of nitrogens with one attached hydrogen (secondary N) is 2. The Bertz CT molecular complexity index is 497. The molecule has 0 fully saturated rings. The number of halogens is 1. The van der Waals surface area contributed by atoms with Crippen LogP contribution in [0.2, 0.25) is 0 Å². The SMILES string of the molecule is CC(C)C1CNc2ccc(F)cc2N=CC=NCCN1. The minimum Gasteiger partial charge on any atom is -0.382 e. The van der Waals surface area contributed by atoms with E-state index < -0.39 is 0 Å². The predicted octanol–water partition coefficient (Wildman–Crippen LogP) is 2.64. The van der Waals surface area contributed by atoms with E-state index in [1.807, 2.05) is 0 Å². The van der Waals surface area contributed by atoms with Crippen LogP contribution in [0.4, 0.5) is 15.8 Å². The van der Waals surface area contributed by atoms with E-state index in [1.165, 1.54) is 12.1 Å². The van der Waals surface area contributed by atoms with Gasteiger partial charge in [-0.05, 0) is 18.1 Å². The molecule has 5 heteroatoms. The van der Waals surface area contributed by atoms with E-state index in [9.17, 15) is 4.39 Å². The number of hydrogen-bond acceptors (Lipinski definition) is 4. The van der Waals surface area contributed by atoms with E-state index in [4.69, 9.17) is 0 Å². The molecule has 1 unspecified atom stereocenters. The van der Waals surface area contributed by atoms with Crippen molar-refractivity contribution in [2.75, 3.05) is 25.0 Å². The molecule has 0 spiro atoms. The summed E-state index contributed by atoms with van der Waals surface area (Å²) >= 11 is 0. The zero-order valence-corrected chi connectivity index (χ0v) is 11.9. The molecular weight excluding hydrogens is 255 g/mol. The highest BCUT2D eigenvalue weighted by Gasteiger charge is 2.13. The van der Waals surface area contributed by atoms with Crippen molar-refractivity contribution < 1.29 is 4.39 Å². The first-order valence-electron chi connectivity index (χ1n) is 6.96. The lowest BCUT2D eigenvalue weighted by Gasteiger charge is -2.23. The van der Waals surface area contributed by atoms with Gasteiger partial charge < -0.3 is 10.6 Å². The van der Waals surface area contributed by atoms with Gasteiger partial charge in [0.05, 0.1) is 17.9 Å². The van der Waals surface area contributed by atoms with E-state index in [0.717, 1.165) is 18.8 Å². The second kappa shape index (κ2) is 7.14. The van der Waals surface area contributed by atoms with E-state index in [0.29, 0.717) is 24.2 Å². The molecule has 1 aromatic carbocycles. The third-order valence-electron chi connectivity index (χ3n) is 3.31. The van der Waals surface area contributed by atoms with Gasteiger partial charge in [-0.15, -0.1) is 0 Å². The summed E-state index contributed by atoms with van der Waals surface area (Å²) in [6, 6.07) is 4.93. The second-order valence-corrected chi connectivity index (χ2v) is 5.18.